The van der Waals surface area contributed by atoms with E-state index in [0.29, 0.717) is 6.29 Å². The van der Waals surface area contributed by atoms with Gasteiger partial charge in [0.2, 0.25) is 0 Å². The molecule has 1 aromatic rings. The standard InChI is InChI=1S/C12H14N2O5/c1-8(2)13-12(16)7-19-11-4-3-10(14(17)18)5-9(11)6-15/h3-6,8H,7H2,1-2H3,(H,13,16). The second-order valence-corrected chi connectivity index (χ2v) is 4.11. The fourth-order valence-corrected chi connectivity index (χ4v) is 1.38. The van der Waals surface area contributed by atoms with Crippen molar-refractivity contribution in [3.63, 3.8) is 0 Å². The van der Waals surface area contributed by atoms with Gasteiger partial charge in [-0.05, 0) is 19.9 Å². The van der Waals surface area contributed by atoms with Crippen LogP contribution in [0.1, 0.15) is 24.2 Å². The zero-order valence-electron chi connectivity index (χ0n) is 10.6. The molecule has 0 aliphatic rings. The Morgan fingerprint density at radius 2 is 2.21 bits per heavy atom. The highest BCUT2D eigenvalue weighted by atomic mass is 16.6. The number of aldehydes is 1. The number of nitrogens with one attached hydrogen (secondary N) is 1. The molecule has 19 heavy (non-hydrogen) atoms. The van der Waals surface area contributed by atoms with E-state index in [1.165, 1.54) is 12.1 Å². The first-order valence-electron chi connectivity index (χ1n) is 5.60. The maximum atomic E-state index is 11.4. The van der Waals surface area contributed by atoms with Gasteiger partial charge in [0.25, 0.3) is 11.6 Å². The molecule has 0 aliphatic heterocycles. The molecular formula is C12H14N2O5. The van der Waals surface area contributed by atoms with Gasteiger partial charge < -0.3 is 10.1 Å². The summed E-state index contributed by atoms with van der Waals surface area (Å²) < 4.78 is 5.16. The van der Waals surface area contributed by atoms with Crippen molar-refractivity contribution in [3.05, 3.63) is 33.9 Å². The van der Waals surface area contributed by atoms with Crippen molar-refractivity contribution in [2.75, 3.05) is 6.61 Å². The summed E-state index contributed by atoms with van der Waals surface area (Å²) >= 11 is 0. The largest absolute Gasteiger partial charge is 0.483 e. The number of nitrogens with zero attached hydrogens (tertiary/aromatic N) is 1. The molecule has 1 amide bonds. The second-order valence-electron chi connectivity index (χ2n) is 4.11. The van der Waals surface area contributed by atoms with Gasteiger partial charge in [0.15, 0.2) is 12.9 Å². The van der Waals surface area contributed by atoms with Crippen LogP contribution in [0.4, 0.5) is 5.69 Å². The Balaban J connectivity index is 2.76. The van der Waals surface area contributed by atoms with Crippen LogP contribution in [0.15, 0.2) is 18.2 Å². The van der Waals surface area contributed by atoms with Crippen LogP contribution in [0.5, 0.6) is 5.75 Å². The number of nitro benzene ring substituents is 1. The van der Waals surface area contributed by atoms with Crippen molar-refractivity contribution in [2.45, 2.75) is 19.9 Å². The van der Waals surface area contributed by atoms with Crippen LogP contribution in [0.3, 0.4) is 0 Å². The summed E-state index contributed by atoms with van der Waals surface area (Å²) in [5.41, 5.74) is -0.173. The predicted molar refractivity (Wildman–Crippen MR) is 67.3 cm³/mol. The van der Waals surface area contributed by atoms with Crippen LogP contribution in [-0.4, -0.2) is 29.8 Å². The molecule has 102 valence electrons. The summed E-state index contributed by atoms with van der Waals surface area (Å²) in [6.07, 6.45) is 0.447. The van der Waals surface area contributed by atoms with Gasteiger partial charge in [-0.1, -0.05) is 0 Å². The highest BCUT2D eigenvalue weighted by Crippen LogP contribution is 2.22. The summed E-state index contributed by atoms with van der Waals surface area (Å²) in [7, 11) is 0. The molecule has 0 aliphatic carbocycles. The minimum atomic E-state index is -0.609. The SMILES string of the molecule is CC(C)NC(=O)COc1ccc([N+](=O)[O-])cc1C=O. The molecule has 0 aromatic heterocycles. The number of hydrogen-bond donors (Lipinski definition) is 1. The molecule has 0 unspecified atom stereocenters. The Morgan fingerprint density at radius 3 is 2.74 bits per heavy atom. The number of carbonyl (C=O) groups is 2. The van der Waals surface area contributed by atoms with Crippen molar-refractivity contribution in [3.8, 4) is 5.75 Å². The fraction of sp³-hybridized carbons (Fsp3) is 0.333. The highest BCUT2D eigenvalue weighted by molar-refractivity contribution is 5.82. The summed E-state index contributed by atoms with van der Waals surface area (Å²) in [5.74, 6) is -0.190. The first-order valence-corrected chi connectivity index (χ1v) is 5.60. The molecule has 0 spiro atoms. The van der Waals surface area contributed by atoms with Crippen molar-refractivity contribution >= 4 is 17.9 Å². The Hall–Kier alpha value is -2.44. The smallest absolute Gasteiger partial charge is 0.270 e. The third kappa shape index (κ3) is 4.38. The quantitative estimate of drug-likeness (QED) is 0.475. The molecule has 0 fully saturated rings. The minimum Gasteiger partial charge on any atom is -0.483 e. The molecule has 7 nitrogen and oxygen atoms in total. The number of non-ortho nitro benzene ring substituents is 1. The zero-order chi connectivity index (χ0) is 14.4. The molecular weight excluding hydrogens is 252 g/mol. The van der Waals surface area contributed by atoms with E-state index in [9.17, 15) is 19.7 Å². The minimum absolute atomic E-state index is 0.0153. The molecule has 0 bridgehead atoms. The van der Waals surface area contributed by atoms with Gasteiger partial charge in [-0.25, -0.2) is 0 Å². The van der Waals surface area contributed by atoms with Crippen molar-refractivity contribution < 1.29 is 19.2 Å². The first kappa shape index (κ1) is 14.6. The molecule has 0 saturated carbocycles. The van der Waals surface area contributed by atoms with E-state index in [1.807, 2.05) is 0 Å². The van der Waals surface area contributed by atoms with Crippen molar-refractivity contribution in [1.29, 1.82) is 0 Å². The lowest BCUT2D eigenvalue weighted by Crippen LogP contribution is -2.34. The van der Waals surface area contributed by atoms with E-state index >= 15 is 0 Å². The van der Waals surface area contributed by atoms with E-state index in [0.717, 1.165) is 6.07 Å². The molecule has 0 atom stereocenters. The van der Waals surface area contributed by atoms with Gasteiger partial charge in [0.1, 0.15) is 5.75 Å². The van der Waals surface area contributed by atoms with Gasteiger partial charge in [0, 0.05) is 18.2 Å². The molecule has 1 N–H and O–H groups in total. The van der Waals surface area contributed by atoms with Crippen LogP contribution in [0.2, 0.25) is 0 Å². The maximum absolute atomic E-state index is 11.4. The van der Waals surface area contributed by atoms with E-state index in [2.05, 4.69) is 5.32 Å². The average Bonchev–Trinajstić information content (AvgIpc) is 2.35. The average molecular weight is 266 g/mol. The molecule has 0 saturated heterocycles. The third-order valence-electron chi connectivity index (χ3n) is 2.14. The molecule has 7 heteroatoms. The number of benzene rings is 1. The van der Waals surface area contributed by atoms with E-state index in [-0.39, 0.29) is 35.6 Å². The van der Waals surface area contributed by atoms with E-state index in [4.69, 9.17) is 4.74 Å². The summed E-state index contributed by atoms with van der Waals surface area (Å²) in [6, 6.07) is 3.59. The lowest BCUT2D eigenvalue weighted by molar-refractivity contribution is -0.384. The Labute approximate surface area is 109 Å². The normalized spacial score (nSPS) is 10.1. The zero-order valence-corrected chi connectivity index (χ0v) is 10.6. The molecule has 1 aromatic carbocycles. The van der Waals surface area contributed by atoms with Crippen molar-refractivity contribution in [2.24, 2.45) is 0 Å². The highest BCUT2D eigenvalue weighted by Gasteiger charge is 2.12. The molecule has 1 rings (SSSR count). The fourth-order valence-electron chi connectivity index (χ4n) is 1.38. The Bertz CT molecular complexity index is 499. The Kier molecular flexibility index (Phi) is 4.99. The topological polar surface area (TPSA) is 98.5 Å². The van der Waals surface area contributed by atoms with Crippen molar-refractivity contribution in [1.82, 2.24) is 5.32 Å². The van der Waals surface area contributed by atoms with Gasteiger partial charge in [-0.3, -0.25) is 19.7 Å². The van der Waals surface area contributed by atoms with Crippen LogP contribution >= 0.6 is 0 Å². The van der Waals surface area contributed by atoms with Gasteiger partial charge in [-0.2, -0.15) is 0 Å². The summed E-state index contributed by atoms with van der Waals surface area (Å²) in [5, 5.41) is 13.2. The molecule has 0 radical (unpaired) electrons. The van der Waals surface area contributed by atoms with Gasteiger partial charge in [0.05, 0.1) is 10.5 Å². The van der Waals surface area contributed by atoms with Crippen LogP contribution in [-0.2, 0) is 4.79 Å². The monoisotopic (exact) mass is 266 g/mol. The third-order valence-corrected chi connectivity index (χ3v) is 2.14. The summed E-state index contributed by atoms with van der Waals surface area (Å²) in [6.45, 7) is 3.36. The summed E-state index contributed by atoms with van der Waals surface area (Å²) in [4.78, 5) is 32.1. The number of nitro groups is 1. The lowest BCUT2D eigenvalue weighted by Gasteiger charge is -2.10. The number of amides is 1. The van der Waals surface area contributed by atoms with E-state index in [1.54, 1.807) is 13.8 Å². The number of ether oxygens (including phenoxy) is 1. The van der Waals surface area contributed by atoms with E-state index < -0.39 is 4.92 Å². The molecule has 0 heterocycles. The van der Waals surface area contributed by atoms with Gasteiger partial charge >= 0.3 is 0 Å². The lowest BCUT2D eigenvalue weighted by atomic mass is 10.2. The maximum Gasteiger partial charge on any atom is 0.270 e. The van der Waals surface area contributed by atoms with Crippen LogP contribution in [0, 0.1) is 10.1 Å². The predicted octanol–water partition coefficient (Wildman–Crippen LogP) is 1.31. The first-order chi connectivity index (χ1) is 8.93. The number of carbonyl (C=O) groups excluding carboxylic acids is 2. The number of hydrogen-bond acceptors (Lipinski definition) is 5. The second kappa shape index (κ2) is 6.48. The van der Waals surface area contributed by atoms with Crippen LogP contribution in [0.25, 0.3) is 0 Å². The van der Waals surface area contributed by atoms with Gasteiger partial charge in [-0.15, -0.1) is 0 Å². The Morgan fingerprint density at radius 1 is 1.53 bits per heavy atom. The number of rotatable bonds is 6. The van der Waals surface area contributed by atoms with Crippen LogP contribution < -0.4 is 10.1 Å².